The molecule has 1 aliphatic heterocycles. The number of nitrogens with zero attached hydrogens (tertiary/aromatic N) is 1. The van der Waals surface area contributed by atoms with Crippen molar-refractivity contribution in [2.24, 2.45) is 5.92 Å². The molecule has 6 heteroatoms. The van der Waals surface area contributed by atoms with Crippen LogP contribution in [-0.2, 0) is 5.60 Å². The van der Waals surface area contributed by atoms with Gasteiger partial charge in [0.1, 0.15) is 5.60 Å². The van der Waals surface area contributed by atoms with Gasteiger partial charge in [-0.05, 0) is 43.0 Å². The molecule has 2 aromatic rings. The third-order valence-corrected chi connectivity index (χ3v) is 9.26. The van der Waals surface area contributed by atoms with Gasteiger partial charge in [-0.1, -0.05) is 23.2 Å². The maximum absolute atomic E-state index is 11.9. The topological polar surface area (TPSA) is 20.2 Å². The molecule has 2 aromatic heterocycles. The number of aliphatic hydroxyl groups is 1. The smallest absolute Gasteiger partial charge is 0.139 e. The Morgan fingerprint density at radius 1 is 1.04 bits per heavy atom. The zero-order valence-corrected chi connectivity index (χ0v) is 17.7. The van der Waals surface area contributed by atoms with E-state index < -0.39 is 5.60 Å². The summed E-state index contributed by atoms with van der Waals surface area (Å²) in [6.45, 7) is 0. The molecule has 3 heterocycles. The molecule has 25 heavy (non-hydrogen) atoms. The van der Waals surface area contributed by atoms with Crippen molar-refractivity contribution in [2.75, 3.05) is 14.1 Å². The fourth-order valence-electron chi connectivity index (χ4n) is 4.88. The van der Waals surface area contributed by atoms with Crippen LogP contribution in [0.2, 0.25) is 8.67 Å². The molecule has 2 bridgehead atoms. The highest BCUT2D eigenvalue weighted by atomic mass is 35.5. The lowest BCUT2D eigenvalue weighted by molar-refractivity contribution is -0.943. The van der Waals surface area contributed by atoms with Crippen molar-refractivity contribution in [1.29, 1.82) is 0 Å². The van der Waals surface area contributed by atoms with E-state index in [4.69, 9.17) is 23.2 Å². The van der Waals surface area contributed by atoms with Gasteiger partial charge in [0.25, 0.3) is 0 Å². The van der Waals surface area contributed by atoms with Gasteiger partial charge < -0.3 is 9.59 Å². The van der Waals surface area contributed by atoms with Gasteiger partial charge >= 0.3 is 0 Å². The van der Waals surface area contributed by atoms with Gasteiger partial charge in [0.05, 0.1) is 34.9 Å². The van der Waals surface area contributed by atoms with Gasteiger partial charge in [0, 0.05) is 29.0 Å². The fraction of sp³-hybridized carbons (Fsp3) is 0.579. The molecule has 136 valence electrons. The van der Waals surface area contributed by atoms with Gasteiger partial charge in [-0.25, -0.2) is 0 Å². The predicted octanol–water partition coefficient (Wildman–Crippen LogP) is 5.76. The lowest BCUT2D eigenvalue weighted by Gasteiger charge is -2.48. The highest BCUT2D eigenvalue weighted by Crippen LogP contribution is 2.49. The minimum atomic E-state index is -1.01. The van der Waals surface area contributed by atoms with Crippen LogP contribution >= 0.6 is 45.9 Å². The Morgan fingerprint density at radius 3 is 2.16 bits per heavy atom. The average Bonchev–Trinajstić information content (AvgIpc) is 3.26. The number of hydrogen-bond acceptors (Lipinski definition) is 3. The van der Waals surface area contributed by atoms with Crippen LogP contribution in [0.1, 0.15) is 41.9 Å². The summed E-state index contributed by atoms with van der Waals surface area (Å²) in [7, 11) is 4.69. The van der Waals surface area contributed by atoms with E-state index in [1.165, 1.54) is 48.4 Å². The number of fused-ring (bicyclic) bond motifs is 2. The van der Waals surface area contributed by atoms with E-state index in [-0.39, 0.29) is 0 Å². The maximum Gasteiger partial charge on any atom is 0.139 e. The zero-order valence-electron chi connectivity index (χ0n) is 14.5. The van der Waals surface area contributed by atoms with Crippen LogP contribution in [0.4, 0.5) is 0 Å². The zero-order chi connectivity index (χ0) is 17.8. The van der Waals surface area contributed by atoms with Crippen LogP contribution in [0.3, 0.4) is 0 Å². The Morgan fingerprint density at radius 2 is 1.64 bits per heavy atom. The van der Waals surface area contributed by atoms with Gasteiger partial charge in [0.15, 0.2) is 0 Å². The van der Waals surface area contributed by atoms with E-state index in [1.54, 1.807) is 0 Å². The van der Waals surface area contributed by atoms with Crippen molar-refractivity contribution in [3.05, 3.63) is 42.7 Å². The molecule has 1 N–H and O–H groups in total. The molecule has 2 fully saturated rings. The number of thiophene rings is 2. The minimum absolute atomic E-state index is 0.443. The first-order chi connectivity index (χ1) is 11.8. The van der Waals surface area contributed by atoms with E-state index >= 15 is 0 Å². The first-order valence-electron chi connectivity index (χ1n) is 8.86. The third kappa shape index (κ3) is 3.19. The highest BCUT2D eigenvalue weighted by Gasteiger charge is 2.51. The molecule has 0 aromatic carbocycles. The second kappa shape index (κ2) is 6.50. The minimum Gasteiger partial charge on any atom is -0.378 e. The number of quaternary nitrogens is 1. The van der Waals surface area contributed by atoms with Crippen LogP contribution in [0.25, 0.3) is 0 Å². The van der Waals surface area contributed by atoms with Gasteiger partial charge in [0.2, 0.25) is 0 Å². The molecule has 2 aliphatic rings. The average molecular weight is 417 g/mol. The molecular formula is C19H24Cl2NOS2+. The fourth-order valence-corrected chi connectivity index (χ4v) is 7.26. The van der Waals surface area contributed by atoms with Crippen LogP contribution in [0.5, 0.6) is 0 Å². The second-order valence-electron chi connectivity index (χ2n) is 8.12. The van der Waals surface area contributed by atoms with Crippen molar-refractivity contribution >= 4 is 45.9 Å². The highest BCUT2D eigenvalue weighted by molar-refractivity contribution is 7.17. The largest absolute Gasteiger partial charge is 0.378 e. The number of piperidine rings is 1. The molecule has 0 spiro atoms. The Labute approximate surface area is 167 Å². The van der Waals surface area contributed by atoms with Crippen molar-refractivity contribution < 1.29 is 9.59 Å². The Kier molecular flexibility index (Phi) is 4.75. The quantitative estimate of drug-likeness (QED) is 0.627. The number of hydrogen-bond donors (Lipinski definition) is 1. The molecule has 1 saturated carbocycles. The summed E-state index contributed by atoms with van der Waals surface area (Å²) in [4.78, 5) is 1.85. The molecule has 0 amide bonds. The summed E-state index contributed by atoms with van der Waals surface area (Å²) in [6, 6.07) is 8.87. The molecule has 3 unspecified atom stereocenters. The van der Waals surface area contributed by atoms with E-state index in [0.717, 1.165) is 32.6 Å². The van der Waals surface area contributed by atoms with Crippen LogP contribution in [-0.4, -0.2) is 35.8 Å². The van der Waals surface area contributed by atoms with E-state index in [1.807, 2.05) is 24.3 Å². The summed E-state index contributed by atoms with van der Waals surface area (Å²) in [5.74, 6) is 0.823. The van der Waals surface area contributed by atoms with Gasteiger partial charge in [-0.3, -0.25) is 0 Å². The summed E-state index contributed by atoms with van der Waals surface area (Å²) >= 11 is 15.3. The normalized spacial score (nSPS) is 28.4. The predicted molar refractivity (Wildman–Crippen MR) is 108 cm³/mol. The molecular weight excluding hydrogens is 393 g/mol. The molecule has 1 saturated heterocycles. The Hall–Kier alpha value is -0.100. The molecule has 4 rings (SSSR count). The SMILES string of the molecule is C[N+]1(C)C2CCC(C2)CC1CC(O)(c1ccc(Cl)s1)c1ccc(Cl)s1. The van der Waals surface area contributed by atoms with E-state index in [2.05, 4.69) is 14.1 Å². The third-order valence-electron chi connectivity index (χ3n) is 6.49. The number of halogens is 2. The van der Waals surface area contributed by atoms with Crippen LogP contribution in [0.15, 0.2) is 24.3 Å². The summed E-state index contributed by atoms with van der Waals surface area (Å²) in [6.07, 6.45) is 5.93. The Balaban J connectivity index is 1.72. The molecule has 3 atom stereocenters. The molecule has 2 nitrogen and oxygen atoms in total. The molecule has 0 radical (unpaired) electrons. The summed E-state index contributed by atoms with van der Waals surface area (Å²) in [5.41, 5.74) is -1.01. The maximum atomic E-state index is 11.9. The van der Waals surface area contributed by atoms with E-state index in [9.17, 15) is 5.11 Å². The number of rotatable bonds is 4. The Bertz CT molecular complexity index is 729. The van der Waals surface area contributed by atoms with Crippen LogP contribution in [0, 0.1) is 5.92 Å². The molecule has 1 aliphatic carbocycles. The van der Waals surface area contributed by atoms with Crippen LogP contribution < -0.4 is 0 Å². The van der Waals surface area contributed by atoms with E-state index in [0.29, 0.717) is 14.7 Å². The monoisotopic (exact) mass is 416 g/mol. The lowest BCUT2D eigenvalue weighted by atomic mass is 9.82. The van der Waals surface area contributed by atoms with Gasteiger partial charge in [-0.2, -0.15) is 0 Å². The van der Waals surface area contributed by atoms with Crippen molar-refractivity contribution in [2.45, 2.75) is 49.8 Å². The lowest BCUT2D eigenvalue weighted by Crippen LogP contribution is -2.59. The van der Waals surface area contributed by atoms with Crippen molar-refractivity contribution in [1.82, 2.24) is 0 Å². The second-order valence-corrected chi connectivity index (χ2v) is 11.6. The summed E-state index contributed by atoms with van der Waals surface area (Å²) < 4.78 is 2.44. The van der Waals surface area contributed by atoms with Gasteiger partial charge in [-0.15, -0.1) is 22.7 Å². The first kappa shape index (κ1) is 18.3. The standard InChI is InChI=1S/C19H24Cl2NOS2/c1-22(2)13-4-3-12(9-13)10-14(22)11-19(23,15-5-7-17(20)24-15)16-6-8-18(21)25-16/h5-8,12-14,23H,3-4,9-11H2,1-2H3/q+1. The number of likely N-dealkylation sites (tertiary alicyclic amines) is 1. The summed E-state index contributed by atoms with van der Waals surface area (Å²) in [5, 5.41) is 11.9. The van der Waals surface area contributed by atoms with Crippen molar-refractivity contribution in [3.8, 4) is 0 Å². The first-order valence-corrected chi connectivity index (χ1v) is 11.3. The van der Waals surface area contributed by atoms with Crippen molar-refractivity contribution in [3.63, 3.8) is 0 Å².